The second kappa shape index (κ2) is 7.85. The molecule has 3 rings (SSSR count). The second-order valence-electron chi connectivity index (χ2n) is 4.91. The number of hydrogen-bond acceptors (Lipinski definition) is 9. The zero-order valence-corrected chi connectivity index (χ0v) is 14.0. The molecule has 25 heavy (non-hydrogen) atoms. The number of thioether (sulfide) groups is 1. The molecule has 0 aliphatic rings. The SMILES string of the molecule is COCCn1cnnc1SCc1nc(-c2cccc([N+](=O)[O-])c2)no1. The van der Waals surface area contributed by atoms with Crippen LogP contribution in [0.2, 0.25) is 0 Å². The Hall–Kier alpha value is -2.79. The maximum Gasteiger partial charge on any atom is 0.270 e. The number of ether oxygens (including phenoxy) is 1. The van der Waals surface area contributed by atoms with Gasteiger partial charge in [0.25, 0.3) is 5.69 Å². The molecule has 0 unspecified atom stereocenters. The van der Waals surface area contributed by atoms with E-state index in [1.807, 2.05) is 4.57 Å². The summed E-state index contributed by atoms with van der Waals surface area (Å²) >= 11 is 1.40. The van der Waals surface area contributed by atoms with Gasteiger partial charge in [0.15, 0.2) is 5.16 Å². The summed E-state index contributed by atoms with van der Waals surface area (Å²) in [6, 6.07) is 6.09. The number of nitro benzene ring substituents is 1. The number of hydrogen-bond donors (Lipinski definition) is 0. The predicted octanol–water partition coefficient (Wildman–Crippen LogP) is 2.17. The summed E-state index contributed by atoms with van der Waals surface area (Å²) in [6.07, 6.45) is 1.63. The molecule has 0 aliphatic carbocycles. The van der Waals surface area contributed by atoms with Crippen molar-refractivity contribution in [3.8, 4) is 11.4 Å². The third-order valence-corrected chi connectivity index (χ3v) is 4.19. The van der Waals surface area contributed by atoms with Crippen molar-refractivity contribution in [1.82, 2.24) is 24.9 Å². The van der Waals surface area contributed by atoms with Crippen molar-refractivity contribution in [1.29, 1.82) is 0 Å². The Morgan fingerprint density at radius 2 is 2.32 bits per heavy atom. The first kappa shape index (κ1) is 17.0. The third-order valence-electron chi connectivity index (χ3n) is 3.22. The first-order chi connectivity index (χ1) is 12.2. The molecule has 0 atom stereocenters. The summed E-state index contributed by atoms with van der Waals surface area (Å²) in [5.74, 6) is 1.11. The van der Waals surface area contributed by atoms with Gasteiger partial charge in [0.1, 0.15) is 6.33 Å². The van der Waals surface area contributed by atoms with Crippen LogP contribution in [0.3, 0.4) is 0 Å². The highest BCUT2D eigenvalue weighted by molar-refractivity contribution is 7.98. The van der Waals surface area contributed by atoms with E-state index in [1.165, 1.54) is 23.9 Å². The molecule has 2 heterocycles. The third kappa shape index (κ3) is 4.19. The van der Waals surface area contributed by atoms with Crippen molar-refractivity contribution in [3.05, 3.63) is 46.6 Å². The molecule has 0 aliphatic heterocycles. The topological polar surface area (TPSA) is 122 Å². The number of nitrogens with zero attached hydrogens (tertiary/aromatic N) is 6. The number of methoxy groups -OCH3 is 1. The van der Waals surface area contributed by atoms with Crippen LogP contribution in [-0.4, -0.2) is 43.5 Å². The highest BCUT2D eigenvalue weighted by Gasteiger charge is 2.14. The van der Waals surface area contributed by atoms with Gasteiger partial charge < -0.3 is 13.8 Å². The van der Waals surface area contributed by atoms with Crippen molar-refractivity contribution in [3.63, 3.8) is 0 Å². The van der Waals surface area contributed by atoms with Gasteiger partial charge in [-0.05, 0) is 0 Å². The minimum Gasteiger partial charge on any atom is -0.383 e. The van der Waals surface area contributed by atoms with E-state index in [4.69, 9.17) is 9.26 Å². The molecule has 0 spiro atoms. The van der Waals surface area contributed by atoms with Crippen LogP contribution in [0.1, 0.15) is 5.89 Å². The van der Waals surface area contributed by atoms with Crippen LogP contribution < -0.4 is 0 Å². The quantitative estimate of drug-likeness (QED) is 0.337. The molecule has 0 radical (unpaired) electrons. The van der Waals surface area contributed by atoms with Gasteiger partial charge in [-0.25, -0.2) is 0 Å². The van der Waals surface area contributed by atoms with Gasteiger partial charge in [0, 0.05) is 31.4 Å². The van der Waals surface area contributed by atoms with Crippen molar-refractivity contribution in [2.24, 2.45) is 0 Å². The number of rotatable bonds is 8. The predicted molar refractivity (Wildman–Crippen MR) is 87.8 cm³/mol. The van der Waals surface area contributed by atoms with Crippen molar-refractivity contribution in [2.45, 2.75) is 17.5 Å². The van der Waals surface area contributed by atoms with Gasteiger partial charge in [0.05, 0.1) is 17.3 Å². The molecule has 0 bridgehead atoms. The van der Waals surface area contributed by atoms with Gasteiger partial charge in [-0.3, -0.25) is 10.1 Å². The Balaban J connectivity index is 1.67. The highest BCUT2D eigenvalue weighted by atomic mass is 32.2. The van der Waals surface area contributed by atoms with E-state index in [0.717, 1.165) is 0 Å². The zero-order valence-electron chi connectivity index (χ0n) is 13.2. The minimum atomic E-state index is -0.465. The summed E-state index contributed by atoms with van der Waals surface area (Å²) in [5, 5.41) is 23.3. The van der Waals surface area contributed by atoms with Gasteiger partial charge >= 0.3 is 0 Å². The van der Waals surface area contributed by atoms with Crippen LogP contribution in [0.4, 0.5) is 5.69 Å². The fourth-order valence-corrected chi connectivity index (χ4v) is 2.79. The molecule has 10 nitrogen and oxygen atoms in total. The van der Waals surface area contributed by atoms with E-state index < -0.39 is 4.92 Å². The van der Waals surface area contributed by atoms with E-state index in [0.29, 0.717) is 41.3 Å². The maximum absolute atomic E-state index is 10.8. The van der Waals surface area contributed by atoms with E-state index in [-0.39, 0.29) is 5.69 Å². The molecular formula is C14H14N6O4S. The highest BCUT2D eigenvalue weighted by Crippen LogP contribution is 2.24. The average Bonchev–Trinajstić information content (AvgIpc) is 3.27. The zero-order chi connectivity index (χ0) is 17.6. The van der Waals surface area contributed by atoms with Crippen molar-refractivity contribution < 1.29 is 14.2 Å². The van der Waals surface area contributed by atoms with E-state index in [1.54, 1.807) is 25.6 Å². The smallest absolute Gasteiger partial charge is 0.270 e. The molecule has 0 saturated heterocycles. The largest absolute Gasteiger partial charge is 0.383 e. The van der Waals surface area contributed by atoms with Gasteiger partial charge in [0.2, 0.25) is 11.7 Å². The van der Waals surface area contributed by atoms with Crippen LogP contribution in [0.15, 0.2) is 40.3 Å². The van der Waals surface area contributed by atoms with Crippen molar-refractivity contribution >= 4 is 17.4 Å². The Kier molecular flexibility index (Phi) is 5.36. The number of benzene rings is 1. The van der Waals surface area contributed by atoms with Gasteiger partial charge in [-0.15, -0.1) is 10.2 Å². The lowest BCUT2D eigenvalue weighted by molar-refractivity contribution is -0.384. The Bertz CT molecular complexity index is 864. The second-order valence-corrected chi connectivity index (χ2v) is 5.85. The summed E-state index contributed by atoms with van der Waals surface area (Å²) in [7, 11) is 1.63. The Labute approximate surface area is 146 Å². The van der Waals surface area contributed by atoms with Crippen LogP contribution in [0, 0.1) is 10.1 Å². The normalized spacial score (nSPS) is 10.9. The molecule has 0 N–H and O–H groups in total. The molecule has 0 saturated carbocycles. The number of nitro groups is 1. The fraction of sp³-hybridized carbons (Fsp3) is 0.286. The molecule has 0 amide bonds. The molecule has 130 valence electrons. The van der Waals surface area contributed by atoms with Crippen LogP contribution in [0.25, 0.3) is 11.4 Å². The summed E-state index contributed by atoms with van der Waals surface area (Å²) < 4.78 is 12.1. The molecule has 1 aromatic carbocycles. The van der Waals surface area contributed by atoms with E-state index in [9.17, 15) is 10.1 Å². The lowest BCUT2D eigenvalue weighted by Gasteiger charge is -2.03. The molecule has 2 aromatic heterocycles. The Morgan fingerprint density at radius 3 is 3.12 bits per heavy atom. The summed E-state index contributed by atoms with van der Waals surface area (Å²) in [5.41, 5.74) is 0.502. The van der Waals surface area contributed by atoms with Gasteiger partial charge in [-0.2, -0.15) is 4.98 Å². The molecular weight excluding hydrogens is 348 g/mol. The number of aromatic nitrogens is 5. The average molecular weight is 362 g/mol. The standard InChI is InChI=1S/C14H14N6O4S/c1-23-6-5-19-9-15-17-14(19)25-8-12-16-13(18-24-12)10-3-2-4-11(7-10)20(21)22/h2-4,7,9H,5-6,8H2,1H3. The Morgan fingerprint density at radius 1 is 1.44 bits per heavy atom. The number of non-ortho nitro benzene ring substituents is 1. The molecule has 11 heteroatoms. The minimum absolute atomic E-state index is 0.0236. The molecule has 3 aromatic rings. The van der Waals surface area contributed by atoms with Crippen molar-refractivity contribution in [2.75, 3.05) is 13.7 Å². The first-order valence-corrected chi connectivity index (χ1v) is 8.23. The van der Waals surface area contributed by atoms with Crippen LogP contribution in [0.5, 0.6) is 0 Å². The van der Waals surface area contributed by atoms with Crippen LogP contribution >= 0.6 is 11.8 Å². The van der Waals surface area contributed by atoms with Gasteiger partial charge in [-0.1, -0.05) is 29.1 Å². The maximum atomic E-state index is 10.8. The summed E-state index contributed by atoms with van der Waals surface area (Å²) in [4.78, 5) is 14.6. The molecule has 0 fully saturated rings. The summed E-state index contributed by atoms with van der Waals surface area (Å²) in [6.45, 7) is 1.21. The monoisotopic (exact) mass is 362 g/mol. The fourth-order valence-electron chi connectivity index (χ4n) is 2.01. The first-order valence-electron chi connectivity index (χ1n) is 7.24. The van der Waals surface area contributed by atoms with E-state index >= 15 is 0 Å². The lowest BCUT2D eigenvalue weighted by atomic mass is 10.2. The lowest BCUT2D eigenvalue weighted by Crippen LogP contribution is -2.04. The van der Waals surface area contributed by atoms with E-state index in [2.05, 4.69) is 20.3 Å². The van der Waals surface area contributed by atoms with Crippen LogP contribution in [-0.2, 0) is 17.0 Å².